The molecular formula is C11H14N4O. The number of hydrogen-bond acceptors (Lipinski definition) is 4. The van der Waals surface area contributed by atoms with Crippen LogP contribution in [0.1, 0.15) is 11.3 Å². The Balaban J connectivity index is 2.36. The molecule has 84 valence electrons. The summed E-state index contributed by atoms with van der Waals surface area (Å²) in [6.45, 7) is 1.00. The summed E-state index contributed by atoms with van der Waals surface area (Å²) in [5.74, 6) is 0. The quantitative estimate of drug-likeness (QED) is 0.827. The molecule has 0 aliphatic heterocycles. The fourth-order valence-corrected chi connectivity index (χ4v) is 1.56. The van der Waals surface area contributed by atoms with Crippen molar-refractivity contribution in [3.8, 4) is 5.69 Å². The van der Waals surface area contributed by atoms with Gasteiger partial charge in [0.2, 0.25) is 0 Å². The number of ether oxygens (including phenoxy) is 1. The highest BCUT2D eigenvalue weighted by Crippen LogP contribution is 2.12. The smallest absolute Gasteiger partial charge is 0.0781 e. The Morgan fingerprint density at radius 3 is 3.06 bits per heavy atom. The van der Waals surface area contributed by atoms with E-state index in [0.29, 0.717) is 13.2 Å². The number of methoxy groups -OCH3 is 1. The van der Waals surface area contributed by atoms with E-state index in [0.717, 1.165) is 16.9 Å². The summed E-state index contributed by atoms with van der Waals surface area (Å²) in [7, 11) is 1.67. The third-order valence-corrected chi connectivity index (χ3v) is 2.30. The minimum Gasteiger partial charge on any atom is -0.380 e. The van der Waals surface area contributed by atoms with Gasteiger partial charge in [0, 0.05) is 13.7 Å². The molecule has 0 bridgehead atoms. The third kappa shape index (κ3) is 2.10. The molecule has 0 aliphatic rings. The Bertz CT molecular complexity index is 467. The summed E-state index contributed by atoms with van der Waals surface area (Å²) in [6, 6.07) is 7.95. The van der Waals surface area contributed by atoms with Crippen molar-refractivity contribution in [1.82, 2.24) is 15.0 Å². The highest BCUT2D eigenvalue weighted by molar-refractivity contribution is 5.35. The van der Waals surface area contributed by atoms with Gasteiger partial charge in [-0.25, -0.2) is 4.68 Å². The minimum absolute atomic E-state index is 0.418. The second kappa shape index (κ2) is 4.87. The Hall–Kier alpha value is -1.72. The predicted molar refractivity (Wildman–Crippen MR) is 60.0 cm³/mol. The van der Waals surface area contributed by atoms with Crippen LogP contribution in [-0.2, 0) is 17.9 Å². The van der Waals surface area contributed by atoms with Crippen molar-refractivity contribution in [2.45, 2.75) is 13.2 Å². The van der Waals surface area contributed by atoms with Crippen molar-refractivity contribution >= 4 is 0 Å². The van der Waals surface area contributed by atoms with Gasteiger partial charge >= 0.3 is 0 Å². The van der Waals surface area contributed by atoms with Gasteiger partial charge in [0.05, 0.1) is 24.2 Å². The molecule has 0 saturated carbocycles. The largest absolute Gasteiger partial charge is 0.380 e. The molecule has 2 aromatic rings. The van der Waals surface area contributed by atoms with Gasteiger partial charge in [-0.2, -0.15) is 0 Å². The molecule has 0 saturated heterocycles. The summed E-state index contributed by atoms with van der Waals surface area (Å²) in [4.78, 5) is 0. The number of rotatable bonds is 4. The van der Waals surface area contributed by atoms with Crippen LogP contribution in [0.2, 0.25) is 0 Å². The van der Waals surface area contributed by atoms with E-state index >= 15 is 0 Å². The average molecular weight is 218 g/mol. The van der Waals surface area contributed by atoms with Crippen molar-refractivity contribution in [3.63, 3.8) is 0 Å². The Morgan fingerprint density at radius 2 is 2.31 bits per heavy atom. The highest BCUT2D eigenvalue weighted by atomic mass is 16.5. The van der Waals surface area contributed by atoms with E-state index in [9.17, 15) is 0 Å². The van der Waals surface area contributed by atoms with E-state index in [-0.39, 0.29) is 0 Å². The van der Waals surface area contributed by atoms with Crippen molar-refractivity contribution in [3.05, 3.63) is 41.7 Å². The Morgan fingerprint density at radius 1 is 1.44 bits per heavy atom. The molecule has 0 fully saturated rings. The Kier molecular flexibility index (Phi) is 3.28. The third-order valence-electron chi connectivity index (χ3n) is 2.30. The van der Waals surface area contributed by atoms with Crippen molar-refractivity contribution in [2.24, 2.45) is 5.73 Å². The predicted octanol–water partition coefficient (Wildman–Crippen LogP) is 0.872. The van der Waals surface area contributed by atoms with Crippen LogP contribution in [0.3, 0.4) is 0 Å². The molecule has 0 unspecified atom stereocenters. The Labute approximate surface area is 93.8 Å². The van der Waals surface area contributed by atoms with Gasteiger partial charge in [-0.1, -0.05) is 17.3 Å². The maximum atomic E-state index is 5.60. The summed E-state index contributed by atoms with van der Waals surface area (Å²) in [6.07, 6.45) is 1.67. The molecule has 2 N–H and O–H groups in total. The van der Waals surface area contributed by atoms with Gasteiger partial charge in [0.15, 0.2) is 0 Å². The fraction of sp³-hybridized carbons (Fsp3) is 0.273. The SMILES string of the molecule is COCc1cccc(-n2nncc2CN)c1. The summed E-state index contributed by atoms with van der Waals surface area (Å²) < 4.78 is 6.82. The van der Waals surface area contributed by atoms with Crippen LogP contribution in [0.15, 0.2) is 30.5 Å². The van der Waals surface area contributed by atoms with E-state index in [1.807, 2.05) is 24.3 Å². The van der Waals surface area contributed by atoms with Crippen molar-refractivity contribution < 1.29 is 4.74 Å². The average Bonchev–Trinajstić information content (AvgIpc) is 2.78. The van der Waals surface area contributed by atoms with E-state index in [4.69, 9.17) is 10.5 Å². The van der Waals surface area contributed by atoms with Gasteiger partial charge in [0.25, 0.3) is 0 Å². The standard InChI is InChI=1S/C11H14N4O/c1-16-8-9-3-2-4-10(5-9)15-11(6-12)7-13-14-15/h2-5,7H,6,8,12H2,1H3. The lowest BCUT2D eigenvalue weighted by Crippen LogP contribution is -2.07. The zero-order valence-electron chi connectivity index (χ0n) is 9.13. The second-order valence-electron chi connectivity index (χ2n) is 3.44. The van der Waals surface area contributed by atoms with Crippen LogP contribution >= 0.6 is 0 Å². The number of nitrogens with two attached hydrogens (primary N) is 1. The highest BCUT2D eigenvalue weighted by Gasteiger charge is 2.04. The molecule has 0 radical (unpaired) electrons. The molecule has 1 aromatic heterocycles. The van der Waals surface area contributed by atoms with E-state index in [1.165, 1.54) is 0 Å². The first-order valence-corrected chi connectivity index (χ1v) is 5.03. The van der Waals surface area contributed by atoms with Crippen LogP contribution in [0, 0.1) is 0 Å². The molecule has 0 spiro atoms. The van der Waals surface area contributed by atoms with Gasteiger partial charge in [-0.3, -0.25) is 0 Å². The monoisotopic (exact) mass is 218 g/mol. The maximum absolute atomic E-state index is 5.60. The van der Waals surface area contributed by atoms with E-state index in [2.05, 4.69) is 10.3 Å². The van der Waals surface area contributed by atoms with Crippen LogP contribution in [0.5, 0.6) is 0 Å². The first-order chi connectivity index (χ1) is 7.85. The molecule has 1 heterocycles. The molecule has 16 heavy (non-hydrogen) atoms. The zero-order valence-corrected chi connectivity index (χ0v) is 9.13. The summed E-state index contributed by atoms with van der Waals surface area (Å²) in [5.41, 5.74) is 8.53. The van der Waals surface area contributed by atoms with Crippen molar-refractivity contribution in [2.75, 3.05) is 7.11 Å². The summed E-state index contributed by atoms with van der Waals surface area (Å²) >= 11 is 0. The number of hydrogen-bond donors (Lipinski definition) is 1. The molecular weight excluding hydrogens is 204 g/mol. The molecule has 0 amide bonds. The minimum atomic E-state index is 0.418. The molecule has 0 atom stereocenters. The van der Waals surface area contributed by atoms with E-state index < -0.39 is 0 Å². The lowest BCUT2D eigenvalue weighted by molar-refractivity contribution is 0.185. The van der Waals surface area contributed by atoms with Gasteiger partial charge in [0.1, 0.15) is 0 Å². The molecule has 2 rings (SSSR count). The zero-order chi connectivity index (χ0) is 11.4. The molecule has 1 aromatic carbocycles. The topological polar surface area (TPSA) is 66.0 Å². The van der Waals surface area contributed by atoms with Gasteiger partial charge < -0.3 is 10.5 Å². The molecule has 5 heteroatoms. The first-order valence-electron chi connectivity index (χ1n) is 5.03. The van der Waals surface area contributed by atoms with Crippen LogP contribution < -0.4 is 5.73 Å². The summed E-state index contributed by atoms with van der Waals surface area (Å²) in [5, 5.41) is 7.85. The van der Waals surface area contributed by atoms with Crippen LogP contribution in [0.4, 0.5) is 0 Å². The normalized spacial score (nSPS) is 10.6. The van der Waals surface area contributed by atoms with Gasteiger partial charge in [-0.15, -0.1) is 5.10 Å². The lowest BCUT2D eigenvalue weighted by atomic mass is 10.2. The number of benzene rings is 1. The molecule has 5 nitrogen and oxygen atoms in total. The molecule has 0 aliphatic carbocycles. The maximum Gasteiger partial charge on any atom is 0.0781 e. The number of aromatic nitrogens is 3. The fourth-order valence-electron chi connectivity index (χ4n) is 1.56. The van der Waals surface area contributed by atoms with Crippen LogP contribution in [0.25, 0.3) is 5.69 Å². The van der Waals surface area contributed by atoms with E-state index in [1.54, 1.807) is 18.0 Å². The van der Waals surface area contributed by atoms with Crippen molar-refractivity contribution in [1.29, 1.82) is 0 Å². The second-order valence-corrected chi connectivity index (χ2v) is 3.44. The first kappa shape index (κ1) is 10.8. The lowest BCUT2D eigenvalue weighted by Gasteiger charge is -2.06. The van der Waals surface area contributed by atoms with Gasteiger partial charge in [-0.05, 0) is 17.7 Å². The van der Waals surface area contributed by atoms with Crippen LogP contribution in [-0.4, -0.2) is 22.1 Å². The number of nitrogens with zero attached hydrogens (tertiary/aromatic N) is 3.